The Labute approximate surface area is 189 Å². The van der Waals surface area contributed by atoms with Crippen LogP contribution in [0.4, 0.5) is 5.69 Å². The number of cyclic esters (lactones) is 1. The first-order chi connectivity index (χ1) is 15.6. The van der Waals surface area contributed by atoms with E-state index in [9.17, 15) is 9.59 Å². The van der Waals surface area contributed by atoms with Crippen molar-refractivity contribution in [3.63, 3.8) is 0 Å². The maximum atomic E-state index is 13.5. The van der Waals surface area contributed by atoms with Gasteiger partial charge in [-0.1, -0.05) is 84.9 Å². The highest BCUT2D eigenvalue weighted by Crippen LogP contribution is 2.40. The third-order valence-corrected chi connectivity index (χ3v) is 5.97. The van der Waals surface area contributed by atoms with Gasteiger partial charge >= 0.3 is 5.97 Å². The largest absolute Gasteiger partial charge is 0.452 e. The number of para-hydroxylation sites is 1. The maximum absolute atomic E-state index is 13.5. The Morgan fingerprint density at radius 2 is 1.50 bits per heavy atom. The molecule has 4 nitrogen and oxygen atoms in total. The van der Waals surface area contributed by atoms with E-state index in [0.29, 0.717) is 19.4 Å². The molecule has 3 aromatic carbocycles. The molecule has 0 bridgehead atoms. The molecule has 1 aliphatic heterocycles. The van der Waals surface area contributed by atoms with Crippen molar-refractivity contribution in [2.75, 3.05) is 11.4 Å². The van der Waals surface area contributed by atoms with Crippen LogP contribution < -0.4 is 4.90 Å². The van der Waals surface area contributed by atoms with E-state index in [1.807, 2.05) is 78.9 Å². The molecule has 0 amide bonds. The predicted octanol–water partition coefficient (Wildman–Crippen LogP) is 5.09. The number of Topliss-reactive ketones (excluding diaryl/α,β-unsaturated/α-hetero) is 1. The van der Waals surface area contributed by atoms with Crippen molar-refractivity contribution < 1.29 is 14.3 Å². The van der Waals surface area contributed by atoms with E-state index < -0.39 is 17.6 Å². The van der Waals surface area contributed by atoms with Crippen LogP contribution in [0.15, 0.2) is 104 Å². The lowest BCUT2D eigenvalue weighted by atomic mass is 9.80. The Morgan fingerprint density at radius 1 is 0.906 bits per heavy atom. The molecule has 2 atom stereocenters. The quantitative estimate of drug-likeness (QED) is 0.286. The molecule has 1 saturated heterocycles. The summed E-state index contributed by atoms with van der Waals surface area (Å²) < 4.78 is 6.18. The van der Waals surface area contributed by atoms with Crippen LogP contribution in [0.2, 0.25) is 0 Å². The molecule has 0 aliphatic carbocycles. The Balaban J connectivity index is 1.65. The van der Waals surface area contributed by atoms with Crippen LogP contribution in [0.3, 0.4) is 0 Å². The molecular weight excluding hydrogens is 398 g/mol. The molecule has 162 valence electrons. The number of nitrogens with zero attached hydrogens (tertiary/aromatic N) is 1. The van der Waals surface area contributed by atoms with E-state index in [4.69, 9.17) is 4.74 Å². The van der Waals surface area contributed by atoms with Crippen molar-refractivity contribution in [3.8, 4) is 0 Å². The van der Waals surface area contributed by atoms with Crippen molar-refractivity contribution >= 4 is 17.4 Å². The van der Waals surface area contributed by atoms with Crippen LogP contribution in [0.5, 0.6) is 0 Å². The van der Waals surface area contributed by atoms with Crippen LogP contribution in [0.1, 0.15) is 24.0 Å². The number of ether oxygens (including phenoxy) is 1. The molecule has 1 aliphatic rings. The van der Waals surface area contributed by atoms with E-state index in [1.165, 1.54) is 0 Å². The summed E-state index contributed by atoms with van der Waals surface area (Å²) in [6.07, 6.45) is 3.08. The summed E-state index contributed by atoms with van der Waals surface area (Å²) >= 11 is 0. The van der Waals surface area contributed by atoms with E-state index in [2.05, 4.69) is 18.7 Å². The number of anilines is 1. The fourth-order valence-electron chi connectivity index (χ4n) is 4.39. The molecule has 4 rings (SSSR count). The van der Waals surface area contributed by atoms with Gasteiger partial charge in [-0.25, -0.2) is 4.79 Å². The van der Waals surface area contributed by atoms with Crippen molar-refractivity contribution in [2.45, 2.75) is 30.9 Å². The lowest BCUT2D eigenvalue weighted by Crippen LogP contribution is -2.56. The lowest BCUT2D eigenvalue weighted by Gasteiger charge is -2.42. The number of hydrogen-bond donors (Lipinski definition) is 0. The molecule has 2 unspecified atom stereocenters. The van der Waals surface area contributed by atoms with Crippen molar-refractivity contribution in [1.29, 1.82) is 0 Å². The third kappa shape index (κ3) is 4.50. The number of aryl methyl sites for hydroxylation is 1. The molecule has 3 aromatic rings. The average molecular weight is 426 g/mol. The number of ketones is 1. The number of esters is 1. The highest BCUT2D eigenvalue weighted by atomic mass is 16.6. The first kappa shape index (κ1) is 21.6. The molecule has 0 aromatic heterocycles. The van der Waals surface area contributed by atoms with Crippen LogP contribution in [-0.2, 0) is 26.3 Å². The summed E-state index contributed by atoms with van der Waals surface area (Å²) in [4.78, 5) is 28.7. The second-order valence-corrected chi connectivity index (χ2v) is 8.09. The molecule has 0 N–H and O–H groups in total. The molecule has 0 radical (unpaired) electrons. The van der Waals surface area contributed by atoms with Gasteiger partial charge in [-0.3, -0.25) is 4.79 Å². The number of hydrogen-bond acceptors (Lipinski definition) is 4. The topological polar surface area (TPSA) is 46.6 Å². The van der Waals surface area contributed by atoms with Gasteiger partial charge in [0.25, 0.3) is 0 Å². The zero-order valence-corrected chi connectivity index (χ0v) is 18.0. The Morgan fingerprint density at radius 3 is 2.09 bits per heavy atom. The van der Waals surface area contributed by atoms with E-state index in [-0.39, 0.29) is 12.2 Å². The monoisotopic (exact) mass is 425 g/mol. The Kier molecular flexibility index (Phi) is 6.50. The summed E-state index contributed by atoms with van der Waals surface area (Å²) in [7, 11) is 0. The van der Waals surface area contributed by atoms with Crippen LogP contribution in [-0.4, -0.2) is 24.3 Å². The average Bonchev–Trinajstić information content (AvgIpc) is 2.83. The van der Waals surface area contributed by atoms with Gasteiger partial charge in [0.05, 0.1) is 6.42 Å². The minimum atomic E-state index is -0.982. The summed E-state index contributed by atoms with van der Waals surface area (Å²) in [5.41, 5.74) is 1.81. The fraction of sp³-hybridized carbons (Fsp3) is 0.214. The number of carbonyl (C=O) groups excluding carboxylic acids is 2. The smallest absolute Gasteiger partial charge is 0.337 e. The molecule has 4 heteroatoms. The molecule has 32 heavy (non-hydrogen) atoms. The van der Waals surface area contributed by atoms with Gasteiger partial charge in [-0.2, -0.15) is 0 Å². The lowest BCUT2D eigenvalue weighted by molar-refractivity contribution is -0.175. The molecule has 1 heterocycles. The second kappa shape index (κ2) is 9.65. The van der Waals surface area contributed by atoms with Crippen LogP contribution in [0, 0.1) is 0 Å². The van der Waals surface area contributed by atoms with Crippen LogP contribution in [0.25, 0.3) is 0 Å². The van der Waals surface area contributed by atoms with Crippen molar-refractivity contribution in [2.24, 2.45) is 0 Å². The highest BCUT2D eigenvalue weighted by molar-refractivity contribution is 6.08. The number of rotatable bonds is 8. The predicted molar refractivity (Wildman–Crippen MR) is 126 cm³/mol. The van der Waals surface area contributed by atoms with E-state index >= 15 is 0 Å². The van der Waals surface area contributed by atoms with Gasteiger partial charge < -0.3 is 9.64 Å². The summed E-state index contributed by atoms with van der Waals surface area (Å²) in [5, 5.41) is 0. The molecular formula is C28H27NO3. The summed E-state index contributed by atoms with van der Waals surface area (Å²) in [5.74, 6) is -0.646. The third-order valence-electron chi connectivity index (χ3n) is 5.97. The fourth-order valence-corrected chi connectivity index (χ4v) is 4.39. The minimum Gasteiger partial charge on any atom is -0.452 e. The first-order valence-corrected chi connectivity index (χ1v) is 10.9. The molecule has 0 saturated carbocycles. The Bertz CT molecular complexity index is 1050. The van der Waals surface area contributed by atoms with Gasteiger partial charge in [0.2, 0.25) is 0 Å². The zero-order chi connectivity index (χ0) is 22.4. The minimum absolute atomic E-state index is 0.135. The number of carbonyl (C=O) groups is 2. The number of benzene rings is 3. The normalized spacial score (nSPS) is 20.4. The van der Waals surface area contributed by atoms with Gasteiger partial charge in [-0.05, 0) is 36.1 Å². The van der Waals surface area contributed by atoms with Gasteiger partial charge in [-0.15, -0.1) is 6.58 Å². The van der Waals surface area contributed by atoms with Gasteiger partial charge in [0.1, 0.15) is 5.60 Å². The Hall–Kier alpha value is -3.66. The van der Waals surface area contributed by atoms with Crippen LogP contribution >= 0.6 is 0 Å². The first-order valence-electron chi connectivity index (χ1n) is 10.9. The molecule has 0 spiro atoms. The molecule has 1 fully saturated rings. The van der Waals surface area contributed by atoms with Crippen molar-refractivity contribution in [1.82, 2.24) is 0 Å². The second-order valence-electron chi connectivity index (χ2n) is 8.09. The van der Waals surface area contributed by atoms with Gasteiger partial charge in [0.15, 0.2) is 11.8 Å². The van der Waals surface area contributed by atoms with E-state index in [0.717, 1.165) is 16.8 Å². The standard InChI is InChI=1S/C28H27NO3/c1-2-20-29(24-16-10-5-11-17-24)26-25(30)21-28(32-27(26)31,23-14-8-4-9-15-23)19-18-22-12-6-3-7-13-22/h2-17,26H,1,18-21H2. The maximum Gasteiger partial charge on any atom is 0.337 e. The van der Waals surface area contributed by atoms with Gasteiger partial charge in [0, 0.05) is 12.2 Å². The SMILES string of the molecule is C=CCN(c1ccccc1)C1C(=O)CC(CCc2ccccc2)(c2ccccc2)OC1=O. The summed E-state index contributed by atoms with van der Waals surface area (Å²) in [6.45, 7) is 4.18. The van der Waals surface area contributed by atoms with E-state index in [1.54, 1.807) is 11.0 Å². The highest BCUT2D eigenvalue weighted by Gasteiger charge is 2.49. The zero-order valence-electron chi connectivity index (χ0n) is 18.0. The van der Waals surface area contributed by atoms with Crippen molar-refractivity contribution in [3.05, 3.63) is 115 Å². The summed E-state index contributed by atoms with van der Waals surface area (Å²) in [6, 6.07) is 28.2.